The number of aryl methyl sites for hydroxylation is 1. The molecule has 1 rings (SSSR count). The maximum absolute atomic E-state index is 12.9. The number of benzene rings is 1. The summed E-state index contributed by atoms with van der Waals surface area (Å²) in [4.78, 5) is 11.0. The molecular formula is C10H8F4O. The Morgan fingerprint density at radius 3 is 2.20 bits per heavy atom. The van der Waals surface area contributed by atoms with E-state index in [1.165, 1.54) is 6.92 Å². The van der Waals surface area contributed by atoms with Crippen molar-refractivity contribution < 1.29 is 22.4 Å². The highest BCUT2D eigenvalue weighted by Gasteiger charge is 2.35. The number of alkyl halides is 3. The molecule has 1 nitrogen and oxygen atoms in total. The molecule has 0 amide bonds. The second kappa shape index (κ2) is 3.64. The summed E-state index contributed by atoms with van der Waals surface area (Å²) in [5.41, 5.74) is -1.70. The van der Waals surface area contributed by atoms with Gasteiger partial charge in [-0.05, 0) is 31.5 Å². The van der Waals surface area contributed by atoms with Crippen molar-refractivity contribution in [2.24, 2.45) is 0 Å². The molecule has 0 unspecified atom stereocenters. The van der Waals surface area contributed by atoms with Crippen molar-refractivity contribution in [3.05, 3.63) is 34.6 Å². The van der Waals surface area contributed by atoms with E-state index in [0.29, 0.717) is 6.07 Å². The lowest BCUT2D eigenvalue weighted by atomic mass is 10.0. The van der Waals surface area contributed by atoms with Crippen LogP contribution in [0.4, 0.5) is 17.6 Å². The third-order valence-electron chi connectivity index (χ3n) is 1.98. The van der Waals surface area contributed by atoms with Gasteiger partial charge >= 0.3 is 6.18 Å². The van der Waals surface area contributed by atoms with E-state index in [0.717, 1.165) is 13.0 Å². The number of rotatable bonds is 1. The first kappa shape index (κ1) is 11.7. The van der Waals surface area contributed by atoms with Crippen LogP contribution in [0.5, 0.6) is 0 Å². The number of hydrogen-bond donors (Lipinski definition) is 0. The SMILES string of the molecule is CC(=O)c1cc(C)c(F)cc1C(F)(F)F. The highest BCUT2D eigenvalue weighted by molar-refractivity contribution is 5.96. The molecule has 1 aromatic carbocycles. The van der Waals surface area contributed by atoms with Crippen LogP contribution in [0.25, 0.3) is 0 Å². The van der Waals surface area contributed by atoms with E-state index in [4.69, 9.17) is 0 Å². The molecule has 0 aromatic heterocycles. The monoisotopic (exact) mass is 220 g/mol. The van der Waals surface area contributed by atoms with Crippen LogP contribution >= 0.6 is 0 Å². The van der Waals surface area contributed by atoms with Crippen molar-refractivity contribution in [2.75, 3.05) is 0 Å². The van der Waals surface area contributed by atoms with Crippen molar-refractivity contribution in [3.8, 4) is 0 Å². The van der Waals surface area contributed by atoms with E-state index in [9.17, 15) is 22.4 Å². The Kier molecular flexibility index (Phi) is 2.83. The zero-order chi connectivity index (χ0) is 11.8. The van der Waals surface area contributed by atoms with E-state index >= 15 is 0 Å². The normalized spacial score (nSPS) is 11.6. The van der Waals surface area contributed by atoms with Gasteiger partial charge < -0.3 is 0 Å². The van der Waals surface area contributed by atoms with Gasteiger partial charge in [0.15, 0.2) is 5.78 Å². The fourth-order valence-electron chi connectivity index (χ4n) is 1.21. The Bertz CT molecular complexity index is 407. The fourth-order valence-corrected chi connectivity index (χ4v) is 1.21. The van der Waals surface area contributed by atoms with Gasteiger partial charge in [0, 0.05) is 5.56 Å². The Balaban J connectivity index is 3.49. The maximum atomic E-state index is 12.9. The molecule has 0 saturated heterocycles. The molecule has 1 aromatic rings. The Morgan fingerprint density at radius 2 is 1.80 bits per heavy atom. The van der Waals surface area contributed by atoms with Gasteiger partial charge in [0.1, 0.15) is 5.82 Å². The first-order valence-corrected chi connectivity index (χ1v) is 4.11. The highest BCUT2D eigenvalue weighted by atomic mass is 19.4. The Morgan fingerprint density at radius 1 is 1.27 bits per heavy atom. The van der Waals surface area contributed by atoms with Crippen LogP contribution in [0, 0.1) is 12.7 Å². The van der Waals surface area contributed by atoms with E-state index < -0.39 is 28.9 Å². The first-order valence-electron chi connectivity index (χ1n) is 4.11. The Hall–Kier alpha value is -1.39. The van der Waals surface area contributed by atoms with Gasteiger partial charge in [-0.2, -0.15) is 13.2 Å². The van der Waals surface area contributed by atoms with Crippen molar-refractivity contribution in [2.45, 2.75) is 20.0 Å². The molecule has 0 saturated carbocycles. The summed E-state index contributed by atoms with van der Waals surface area (Å²) in [6.45, 7) is 2.32. The molecular weight excluding hydrogens is 212 g/mol. The van der Waals surface area contributed by atoms with Crippen molar-refractivity contribution in [1.29, 1.82) is 0 Å². The topological polar surface area (TPSA) is 17.1 Å². The maximum Gasteiger partial charge on any atom is 0.417 e. The minimum absolute atomic E-state index is 0.0215. The molecule has 5 heteroatoms. The lowest BCUT2D eigenvalue weighted by molar-refractivity contribution is -0.138. The third kappa shape index (κ3) is 2.34. The van der Waals surface area contributed by atoms with Crippen molar-refractivity contribution >= 4 is 5.78 Å². The number of carbonyl (C=O) groups excluding carboxylic acids is 1. The summed E-state index contributed by atoms with van der Waals surface area (Å²) in [6, 6.07) is 1.27. The summed E-state index contributed by atoms with van der Waals surface area (Å²) in [5.74, 6) is -1.70. The lowest BCUT2D eigenvalue weighted by Gasteiger charge is -2.12. The number of hydrogen-bond acceptors (Lipinski definition) is 1. The van der Waals surface area contributed by atoms with E-state index in [-0.39, 0.29) is 5.56 Å². The predicted molar refractivity (Wildman–Crippen MR) is 46.1 cm³/mol. The zero-order valence-corrected chi connectivity index (χ0v) is 8.07. The van der Waals surface area contributed by atoms with Crippen LogP contribution in [-0.4, -0.2) is 5.78 Å². The van der Waals surface area contributed by atoms with Crippen LogP contribution < -0.4 is 0 Å². The van der Waals surface area contributed by atoms with Crippen LogP contribution in [-0.2, 0) is 6.18 Å². The number of ketones is 1. The molecule has 0 bridgehead atoms. The molecule has 0 spiro atoms. The van der Waals surface area contributed by atoms with Crippen molar-refractivity contribution in [3.63, 3.8) is 0 Å². The second-order valence-electron chi connectivity index (χ2n) is 3.20. The first-order chi connectivity index (χ1) is 6.73. The van der Waals surface area contributed by atoms with Crippen molar-refractivity contribution in [1.82, 2.24) is 0 Å². The van der Waals surface area contributed by atoms with Gasteiger partial charge in [-0.15, -0.1) is 0 Å². The van der Waals surface area contributed by atoms with Crippen LogP contribution in [0.15, 0.2) is 12.1 Å². The Labute approximate surface area is 83.7 Å². The van der Waals surface area contributed by atoms with Gasteiger partial charge in [0.25, 0.3) is 0 Å². The van der Waals surface area contributed by atoms with Crippen LogP contribution in [0.3, 0.4) is 0 Å². The molecule has 0 aliphatic heterocycles. The summed E-state index contributed by atoms with van der Waals surface area (Å²) in [6.07, 6.45) is -4.71. The quantitative estimate of drug-likeness (QED) is 0.524. The second-order valence-corrected chi connectivity index (χ2v) is 3.20. The minimum Gasteiger partial charge on any atom is -0.294 e. The predicted octanol–water partition coefficient (Wildman–Crippen LogP) is 3.36. The molecule has 0 aliphatic rings. The molecule has 15 heavy (non-hydrogen) atoms. The van der Waals surface area contributed by atoms with Gasteiger partial charge in [-0.1, -0.05) is 0 Å². The smallest absolute Gasteiger partial charge is 0.294 e. The average molecular weight is 220 g/mol. The van der Waals surface area contributed by atoms with E-state index in [1.807, 2.05) is 0 Å². The summed E-state index contributed by atoms with van der Waals surface area (Å²) < 4.78 is 50.1. The molecule has 0 N–H and O–H groups in total. The van der Waals surface area contributed by atoms with Crippen LogP contribution in [0.1, 0.15) is 28.4 Å². The molecule has 82 valence electrons. The largest absolute Gasteiger partial charge is 0.417 e. The zero-order valence-electron chi connectivity index (χ0n) is 8.07. The fraction of sp³-hybridized carbons (Fsp3) is 0.300. The lowest BCUT2D eigenvalue weighted by Crippen LogP contribution is -2.12. The molecule has 0 atom stereocenters. The number of Topliss-reactive ketones (excluding diaryl/α,β-unsaturated/α-hetero) is 1. The van der Waals surface area contributed by atoms with Gasteiger partial charge in [0.05, 0.1) is 5.56 Å². The molecule has 0 aliphatic carbocycles. The summed E-state index contributed by atoms with van der Waals surface area (Å²) in [7, 11) is 0. The third-order valence-corrected chi connectivity index (χ3v) is 1.98. The number of halogens is 4. The number of carbonyl (C=O) groups is 1. The minimum atomic E-state index is -4.71. The van der Waals surface area contributed by atoms with Gasteiger partial charge in [0.2, 0.25) is 0 Å². The van der Waals surface area contributed by atoms with E-state index in [1.54, 1.807) is 0 Å². The standard InChI is InChI=1S/C10H8F4O/c1-5-3-7(6(2)15)8(4-9(5)11)10(12,13)14/h3-4H,1-2H3. The molecule has 0 heterocycles. The summed E-state index contributed by atoms with van der Waals surface area (Å²) >= 11 is 0. The molecule has 0 radical (unpaired) electrons. The van der Waals surface area contributed by atoms with Gasteiger partial charge in [-0.25, -0.2) is 4.39 Å². The van der Waals surface area contributed by atoms with Crippen LogP contribution in [0.2, 0.25) is 0 Å². The van der Waals surface area contributed by atoms with Gasteiger partial charge in [-0.3, -0.25) is 4.79 Å². The molecule has 0 fully saturated rings. The summed E-state index contributed by atoms with van der Waals surface area (Å²) in [5, 5.41) is 0. The van der Waals surface area contributed by atoms with E-state index in [2.05, 4.69) is 0 Å². The highest BCUT2D eigenvalue weighted by Crippen LogP contribution is 2.33. The average Bonchev–Trinajstić information content (AvgIpc) is 2.06.